The van der Waals surface area contributed by atoms with E-state index in [9.17, 15) is 5.11 Å². The van der Waals surface area contributed by atoms with Gasteiger partial charge in [0.1, 0.15) is 5.75 Å². The van der Waals surface area contributed by atoms with E-state index in [2.05, 4.69) is 96.5 Å². The summed E-state index contributed by atoms with van der Waals surface area (Å²) in [5, 5.41) is 11.2. The van der Waals surface area contributed by atoms with Gasteiger partial charge in [0.15, 0.2) is 0 Å². The van der Waals surface area contributed by atoms with Crippen molar-refractivity contribution in [2.45, 2.75) is 86.0 Å². The molecule has 0 aliphatic heterocycles. The molecular formula is C43H52Cl4N4OPd2. The number of rotatable bonds is 10. The quantitative estimate of drug-likeness (QED) is 0.112. The first-order valence-corrected chi connectivity index (χ1v) is 17.0. The third kappa shape index (κ3) is 12.8. The van der Waals surface area contributed by atoms with Gasteiger partial charge in [-0.3, -0.25) is 20.0 Å². The van der Waals surface area contributed by atoms with Crippen LogP contribution in [0.1, 0.15) is 118 Å². The average molecular weight is 996 g/mol. The van der Waals surface area contributed by atoms with Gasteiger partial charge in [-0.05, 0) is 141 Å². The van der Waals surface area contributed by atoms with Gasteiger partial charge in [0.05, 0.1) is 35.2 Å². The summed E-state index contributed by atoms with van der Waals surface area (Å²) in [6, 6.07) is 24.5. The van der Waals surface area contributed by atoms with E-state index in [0.717, 1.165) is 50.6 Å². The number of aromatic nitrogens is 2. The predicted octanol–water partition coefficient (Wildman–Crippen LogP) is 13.5. The van der Waals surface area contributed by atoms with Gasteiger partial charge >= 0.3 is 0 Å². The number of benzene rings is 3. The predicted molar refractivity (Wildman–Crippen MR) is 232 cm³/mol. The smallest absolute Gasteiger partial charge is 0.116 e. The van der Waals surface area contributed by atoms with Crippen LogP contribution in [0.25, 0.3) is 22.3 Å². The summed E-state index contributed by atoms with van der Waals surface area (Å²) in [7, 11) is 0. The maximum absolute atomic E-state index is 11.2. The van der Waals surface area contributed by atoms with Gasteiger partial charge in [-0.2, -0.15) is 0 Å². The van der Waals surface area contributed by atoms with E-state index >= 15 is 0 Å². The Hall–Kier alpha value is -2.42. The Labute approximate surface area is 374 Å². The van der Waals surface area contributed by atoms with Crippen molar-refractivity contribution in [1.82, 2.24) is 9.97 Å². The second-order valence-corrected chi connectivity index (χ2v) is 13.8. The number of nitrogens with zero attached hydrogens (tertiary/aromatic N) is 4. The van der Waals surface area contributed by atoms with E-state index in [1.165, 1.54) is 22.3 Å². The molecule has 0 radical (unpaired) electrons. The van der Waals surface area contributed by atoms with Crippen molar-refractivity contribution in [3.8, 4) is 28.0 Å². The van der Waals surface area contributed by atoms with Gasteiger partial charge < -0.3 is 5.11 Å². The van der Waals surface area contributed by atoms with Crippen molar-refractivity contribution in [2.75, 3.05) is 0 Å². The van der Waals surface area contributed by atoms with Crippen LogP contribution < -0.4 is 0 Å². The summed E-state index contributed by atoms with van der Waals surface area (Å²) in [5.41, 5.74) is 13.7. The van der Waals surface area contributed by atoms with Crippen LogP contribution in [0.5, 0.6) is 5.75 Å². The fourth-order valence-corrected chi connectivity index (χ4v) is 6.19. The molecule has 2 heterocycles. The van der Waals surface area contributed by atoms with Gasteiger partial charge in [-0.15, -0.1) is 49.6 Å². The number of hydrogen-bond acceptors (Lipinski definition) is 5. The van der Waals surface area contributed by atoms with Crippen LogP contribution in [0.4, 0.5) is 11.4 Å². The Bertz CT molecular complexity index is 1770. The van der Waals surface area contributed by atoms with Crippen LogP contribution >= 0.6 is 49.6 Å². The monoisotopic (exact) mass is 992 g/mol. The van der Waals surface area contributed by atoms with Crippen LogP contribution in [0.3, 0.4) is 0 Å². The molecule has 0 saturated heterocycles. The fraction of sp³-hybridized carbons (Fsp3) is 0.302. The Kier molecular flexibility index (Phi) is 24.1. The normalized spacial score (nSPS) is 10.8. The summed E-state index contributed by atoms with van der Waals surface area (Å²) >= 11 is 0. The molecule has 0 unspecified atom stereocenters. The molecule has 54 heavy (non-hydrogen) atoms. The molecule has 11 heteroatoms. The van der Waals surface area contributed by atoms with Crippen molar-refractivity contribution in [3.63, 3.8) is 0 Å². The zero-order chi connectivity index (χ0) is 34.5. The molecule has 3 aromatic carbocycles. The first-order valence-electron chi connectivity index (χ1n) is 17.0. The number of pyridine rings is 2. The summed E-state index contributed by atoms with van der Waals surface area (Å²) in [4.78, 5) is 18.9. The largest absolute Gasteiger partial charge is 0.508 e. The number of aliphatic imine (C=N–C) groups is 2. The molecule has 0 spiro atoms. The maximum atomic E-state index is 11.2. The second kappa shape index (κ2) is 24.3. The zero-order valence-electron chi connectivity index (χ0n) is 32.0. The van der Waals surface area contributed by atoms with Gasteiger partial charge in [-0.25, -0.2) is 0 Å². The van der Waals surface area contributed by atoms with Crippen molar-refractivity contribution >= 4 is 73.4 Å². The summed E-state index contributed by atoms with van der Waals surface area (Å²) < 4.78 is 0. The Morgan fingerprint density at radius 3 is 1.09 bits per heavy atom. The van der Waals surface area contributed by atoms with E-state index in [0.29, 0.717) is 0 Å². The Morgan fingerprint density at radius 2 is 0.833 bits per heavy atom. The molecule has 0 bridgehead atoms. The molecule has 0 atom stereocenters. The molecule has 0 fully saturated rings. The van der Waals surface area contributed by atoms with E-state index in [1.807, 2.05) is 61.0 Å². The molecule has 0 aliphatic rings. The van der Waals surface area contributed by atoms with Crippen LogP contribution in [-0.4, -0.2) is 27.5 Å². The molecule has 298 valence electrons. The third-order valence-electron chi connectivity index (χ3n) is 8.87. The molecular weight excluding hydrogens is 943 g/mol. The summed E-state index contributed by atoms with van der Waals surface area (Å²) in [6.07, 6.45) is 7.29. The van der Waals surface area contributed by atoms with E-state index in [4.69, 9.17) is 9.98 Å². The van der Waals surface area contributed by atoms with Gasteiger partial charge in [-0.1, -0.05) is 67.5 Å². The van der Waals surface area contributed by atoms with Crippen LogP contribution in [-0.2, 0) is 40.8 Å². The van der Waals surface area contributed by atoms with Crippen LogP contribution in [0.2, 0.25) is 0 Å². The van der Waals surface area contributed by atoms with E-state index < -0.39 is 0 Å². The number of hydrogen-bond donors (Lipinski definition) is 1. The number of halogens is 4. The molecule has 0 aliphatic carbocycles. The SMILES string of the molecule is Cc1c(-c2cc(C(C)C)c(N=Cc3ccccn3)c(C(C)C)c2)cc(O)cc1-c1cc(C(C)C)c(N=Cc2ccccn2)c(C(C)C)c1.Cl.Cl.Cl.Cl.[Pd].[Pd]. The van der Waals surface area contributed by atoms with Crippen molar-refractivity contribution in [1.29, 1.82) is 0 Å². The first kappa shape index (κ1) is 53.7. The summed E-state index contributed by atoms with van der Waals surface area (Å²) in [6.45, 7) is 19.9. The number of phenols is 1. The molecule has 5 aromatic rings. The summed E-state index contributed by atoms with van der Waals surface area (Å²) in [5.74, 6) is 1.23. The minimum Gasteiger partial charge on any atom is -0.508 e. The zero-order valence-corrected chi connectivity index (χ0v) is 38.4. The first-order chi connectivity index (χ1) is 22.9. The number of aromatic hydroxyl groups is 1. The topological polar surface area (TPSA) is 70.7 Å². The molecule has 0 saturated carbocycles. The minimum absolute atomic E-state index is 0. The third-order valence-corrected chi connectivity index (χ3v) is 8.87. The molecule has 5 rings (SSSR count). The van der Waals surface area contributed by atoms with Crippen molar-refractivity contribution in [3.05, 3.63) is 124 Å². The van der Waals surface area contributed by atoms with E-state index in [1.54, 1.807) is 12.4 Å². The van der Waals surface area contributed by atoms with Crippen molar-refractivity contribution < 1.29 is 46.0 Å². The Morgan fingerprint density at radius 1 is 0.519 bits per heavy atom. The maximum Gasteiger partial charge on any atom is 0.116 e. The Balaban J connectivity index is 0. The molecule has 0 amide bonds. The standard InChI is InChI=1S/C43H48N4O.4ClH.2Pd/c1-26(2)36-18-31(19-37(27(3)4)42(36)46-24-33-14-10-12-16-44-33)40-22-35(48)23-41(30(40)9)32-20-38(28(5)6)43(39(21-32)29(7)8)47-25-34-15-11-13-17-45-34;;;;;;/h10-29,48H,1-9H3;4*1H;;. The number of phenolic OH excluding ortho intramolecular Hbond substituents is 1. The average Bonchev–Trinajstić information content (AvgIpc) is 3.07. The van der Waals surface area contributed by atoms with E-state index in [-0.39, 0.29) is 120 Å². The van der Waals surface area contributed by atoms with Gasteiger partial charge in [0.25, 0.3) is 0 Å². The minimum atomic E-state index is 0. The van der Waals surface area contributed by atoms with Gasteiger partial charge in [0, 0.05) is 53.2 Å². The van der Waals surface area contributed by atoms with Gasteiger partial charge in [0.2, 0.25) is 0 Å². The molecule has 5 nitrogen and oxygen atoms in total. The second-order valence-electron chi connectivity index (χ2n) is 13.8. The molecule has 2 aromatic heterocycles. The van der Waals surface area contributed by atoms with Crippen LogP contribution in [0.15, 0.2) is 95.2 Å². The molecule has 1 N–H and O–H groups in total. The van der Waals surface area contributed by atoms with Crippen molar-refractivity contribution in [2.24, 2.45) is 9.98 Å². The fourth-order valence-electron chi connectivity index (χ4n) is 6.19. The van der Waals surface area contributed by atoms with Crippen LogP contribution in [0, 0.1) is 6.92 Å².